The smallest absolute Gasteiger partial charge is 0.320 e. The first-order valence-electron chi connectivity index (χ1n) is 4.61. The predicted molar refractivity (Wildman–Crippen MR) is 54.2 cm³/mol. The SMILES string of the molecule is CNCCCN(C)S(=O)(=O)NCC(F)(F)F. The fraction of sp³-hybridized carbons (Fsp3) is 1.00. The summed E-state index contributed by atoms with van der Waals surface area (Å²) in [6, 6.07) is 0. The maximum Gasteiger partial charge on any atom is 0.402 e. The van der Waals surface area contributed by atoms with E-state index in [1.165, 1.54) is 11.8 Å². The summed E-state index contributed by atoms with van der Waals surface area (Å²) < 4.78 is 60.3. The number of nitrogens with one attached hydrogen (secondary N) is 2. The van der Waals surface area contributed by atoms with Crippen molar-refractivity contribution in [1.82, 2.24) is 14.3 Å². The minimum Gasteiger partial charge on any atom is -0.320 e. The molecule has 98 valence electrons. The van der Waals surface area contributed by atoms with Crippen molar-refractivity contribution in [2.24, 2.45) is 0 Å². The predicted octanol–water partition coefficient (Wildman–Crippen LogP) is -0.0756. The van der Waals surface area contributed by atoms with Crippen LogP contribution in [0.5, 0.6) is 0 Å². The van der Waals surface area contributed by atoms with Crippen molar-refractivity contribution >= 4 is 10.2 Å². The fourth-order valence-electron chi connectivity index (χ4n) is 0.882. The number of rotatable bonds is 7. The van der Waals surface area contributed by atoms with Gasteiger partial charge in [-0.05, 0) is 20.0 Å². The first-order chi connectivity index (χ1) is 7.19. The zero-order valence-corrected chi connectivity index (χ0v) is 9.95. The van der Waals surface area contributed by atoms with Gasteiger partial charge >= 0.3 is 6.18 Å². The summed E-state index contributed by atoms with van der Waals surface area (Å²) in [5, 5.41) is 2.81. The van der Waals surface area contributed by atoms with E-state index in [9.17, 15) is 21.6 Å². The van der Waals surface area contributed by atoms with Gasteiger partial charge in [-0.25, -0.2) is 0 Å². The Hall–Kier alpha value is -0.380. The minimum absolute atomic E-state index is 0.161. The molecule has 0 aliphatic rings. The number of hydrogen-bond acceptors (Lipinski definition) is 3. The molecule has 0 unspecified atom stereocenters. The van der Waals surface area contributed by atoms with E-state index in [0.29, 0.717) is 13.0 Å². The molecule has 0 radical (unpaired) electrons. The Bertz CT molecular complexity index is 292. The van der Waals surface area contributed by atoms with E-state index < -0.39 is 22.9 Å². The van der Waals surface area contributed by atoms with Gasteiger partial charge in [-0.2, -0.15) is 30.6 Å². The van der Waals surface area contributed by atoms with Gasteiger partial charge in [-0.1, -0.05) is 0 Å². The van der Waals surface area contributed by atoms with Gasteiger partial charge in [0.25, 0.3) is 10.2 Å². The Kier molecular flexibility index (Phi) is 6.23. The van der Waals surface area contributed by atoms with Gasteiger partial charge in [0.15, 0.2) is 0 Å². The summed E-state index contributed by atoms with van der Waals surface area (Å²) in [6.45, 7) is -0.793. The van der Waals surface area contributed by atoms with Crippen LogP contribution in [0.1, 0.15) is 6.42 Å². The van der Waals surface area contributed by atoms with Crippen LogP contribution in [0, 0.1) is 0 Å². The molecule has 0 amide bonds. The Balaban J connectivity index is 4.11. The van der Waals surface area contributed by atoms with E-state index in [-0.39, 0.29) is 6.54 Å². The van der Waals surface area contributed by atoms with Gasteiger partial charge in [0.05, 0.1) is 0 Å². The van der Waals surface area contributed by atoms with Crippen LogP contribution in [0.15, 0.2) is 0 Å². The molecule has 5 nitrogen and oxygen atoms in total. The lowest BCUT2D eigenvalue weighted by atomic mass is 10.4. The Morgan fingerprint density at radius 2 is 1.88 bits per heavy atom. The molecule has 9 heteroatoms. The molecule has 0 aliphatic heterocycles. The van der Waals surface area contributed by atoms with Crippen molar-refractivity contribution in [3.05, 3.63) is 0 Å². The molecule has 0 aromatic carbocycles. The van der Waals surface area contributed by atoms with Crippen molar-refractivity contribution < 1.29 is 21.6 Å². The highest BCUT2D eigenvalue weighted by Crippen LogP contribution is 2.13. The van der Waals surface area contributed by atoms with E-state index in [2.05, 4.69) is 5.32 Å². The van der Waals surface area contributed by atoms with E-state index >= 15 is 0 Å². The number of halogens is 3. The number of alkyl halides is 3. The second-order valence-corrected chi connectivity index (χ2v) is 5.08. The van der Waals surface area contributed by atoms with Crippen molar-refractivity contribution in [2.75, 3.05) is 33.7 Å². The Labute approximate surface area is 93.2 Å². The van der Waals surface area contributed by atoms with Gasteiger partial charge in [-0.3, -0.25) is 0 Å². The summed E-state index contributed by atoms with van der Waals surface area (Å²) in [5.41, 5.74) is 0. The first-order valence-corrected chi connectivity index (χ1v) is 6.05. The number of hydrogen-bond donors (Lipinski definition) is 2. The lowest BCUT2D eigenvalue weighted by Crippen LogP contribution is -2.43. The van der Waals surface area contributed by atoms with Gasteiger partial charge in [0.1, 0.15) is 6.54 Å². The second kappa shape index (κ2) is 6.38. The molecular weight excluding hydrogens is 247 g/mol. The van der Waals surface area contributed by atoms with Crippen molar-refractivity contribution in [1.29, 1.82) is 0 Å². The zero-order valence-electron chi connectivity index (χ0n) is 9.13. The van der Waals surface area contributed by atoms with E-state index in [0.717, 1.165) is 4.31 Å². The third-order valence-corrected chi connectivity index (χ3v) is 3.28. The average Bonchev–Trinajstić information content (AvgIpc) is 2.14. The van der Waals surface area contributed by atoms with E-state index in [1.807, 2.05) is 0 Å². The highest BCUT2D eigenvalue weighted by Gasteiger charge is 2.30. The zero-order chi connectivity index (χ0) is 12.8. The maximum atomic E-state index is 11.8. The normalized spacial score (nSPS) is 13.4. The number of nitrogens with zero attached hydrogens (tertiary/aromatic N) is 1. The van der Waals surface area contributed by atoms with Gasteiger partial charge < -0.3 is 5.32 Å². The lowest BCUT2D eigenvalue weighted by molar-refractivity contribution is -0.121. The van der Waals surface area contributed by atoms with Crippen LogP contribution >= 0.6 is 0 Å². The molecule has 0 fully saturated rings. The molecule has 0 spiro atoms. The molecule has 0 saturated heterocycles. The molecule has 0 aromatic heterocycles. The average molecular weight is 263 g/mol. The molecule has 0 heterocycles. The van der Waals surface area contributed by atoms with E-state index in [4.69, 9.17) is 0 Å². The van der Waals surface area contributed by atoms with Crippen LogP contribution in [0.4, 0.5) is 13.2 Å². The summed E-state index contributed by atoms with van der Waals surface area (Å²) in [4.78, 5) is 0. The Morgan fingerprint density at radius 3 is 2.31 bits per heavy atom. The standard InChI is InChI=1S/C7H16F3N3O2S/c1-11-4-3-5-13(2)16(14,15)12-6-7(8,9)10/h11-12H,3-6H2,1-2H3. The summed E-state index contributed by atoms with van der Waals surface area (Å²) in [6.07, 6.45) is -4.02. The summed E-state index contributed by atoms with van der Waals surface area (Å²) in [5.74, 6) is 0. The summed E-state index contributed by atoms with van der Waals surface area (Å²) >= 11 is 0. The van der Waals surface area contributed by atoms with Gasteiger partial charge in [-0.15, -0.1) is 0 Å². The highest BCUT2D eigenvalue weighted by atomic mass is 32.2. The van der Waals surface area contributed by atoms with Gasteiger partial charge in [0, 0.05) is 13.6 Å². The largest absolute Gasteiger partial charge is 0.402 e. The van der Waals surface area contributed by atoms with Crippen LogP contribution in [-0.2, 0) is 10.2 Å². The molecule has 2 N–H and O–H groups in total. The topological polar surface area (TPSA) is 61.4 Å². The molecule has 0 saturated carbocycles. The van der Waals surface area contributed by atoms with Crippen molar-refractivity contribution in [3.8, 4) is 0 Å². The minimum atomic E-state index is -4.54. The van der Waals surface area contributed by atoms with Crippen LogP contribution in [-0.4, -0.2) is 52.6 Å². The quantitative estimate of drug-likeness (QED) is 0.632. The van der Waals surface area contributed by atoms with Crippen molar-refractivity contribution in [2.45, 2.75) is 12.6 Å². The van der Waals surface area contributed by atoms with Crippen LogP contribution in [0.2, 0.25) is 0 Å². The third-order valence-electron chi connectivity index (χ3n) is 1.77. The molecular formula is C7H16F3N3O2S. The van der Waals surface area contributed by atoms with E-state index in [1.54, 1.807) is 7.05 Å². The molecule has 0 rings (SSSR count). The second-order valence-electron chi connectivity index (χ2n) is 3.22. The van der Waals surface area contributed by atoms with Crippen LogP contribution in [0.3, 0.4) is 0 Å². The molecule has 0 aromatic rings. The molecule has 16 heavy (non-hydrogen) atoms. The Morgan fingerprint density at radius 1 is 1.31 bits per heavy atom. The fourth-order valence-corrected chi connectivity index (χ4v) is 1.82. The molecule has 0 bridgehead atoms. The lowest BCUT2D eigenvalue weighted by Gasteiger charge is -2.18. The monoisotopic (exact) mass is 263 g/mol. The molecule has 0 aliphatic carbocycles. The van der Waals surface area contributed by atoms with Crippen LogP contribution in [0.25, 0.3) is 0 Å². The first kappa shape index (κ1) is 15.6. The highest BCUT2D eigenvalue weighted by molar-refractivity contribution is 7.87. The molecule has 0 atom stereocenters. The third kappa shape index (κ3) is 6.99. The summed E-state index contributed by atoms with van der Waals surface area (Å²) in [7, 11) is -1.10. The van der Waals surface area contributed by atoms with Gasteiger partial charge in [0.2, 0.25) is 0 Å². The van der Waals surface area contributed by atoms with Crippen LogP contribution < -0.4 is 10.0 Å². The van der Waals surface area contributed by atoms with Crippen molar-refractivity contribution in [3.63, 3.8) is 0 Å². The maximum absolute atomic E-state index is 11.8.